The normalized spacial score (nSPS) is 16.4. The summed E-state index contributed by atoms with van der Waals surface area (Å²) < 4.78 is 113. The van der Waals surface area contributed by atoms with Gasteiger partial charge in [0.05, 0.1) is 29.2 Å². The van der Waals surface area contributed by atoms with Gasteiger partial charge in [0.2, 0.25) is 10.0 Å². The Balaban J connectivity index is 1.42. The van der Waals surface area contributed by atoms with E-state index >= 15 is 0 Å². The number of hydrogen-bond acceptors (Lipinski definition) is 9. The smallest absolute Gasteiger partial charge is 0.418 e. The number of carbonyl (C=O) groups excluding carboxylic acids is 1. The van der Waals surface area contributed by atoms with Crippen LogP contribution >= 0.6 is 23.2 Å². The summed E-state index contributed by atoms with van der Waals surface area (Å²) in [5.41, 5.74) is -2.31. The molecule has 1 N–H and O–H groups in total. The number of rotatable bonds is 16. The molecule has 1 atom stereocenters. The van der Waals surface area contributed by atoms with Gasteiger partial charge in [0, 0.05) is 38.2 Å². The molecule has 1 aromatic heterocycles. The SMILES string of the molecule is CN1CCN(CCCS(=O)(=O)Nc2cc(C(=O)O[C@@H](Cc3c(Cl)c[n+]([O-])cc3Cl)c3ccc(OC(F)F)c(OCC4CC4)c3)ccc2C(F)(F)F)CC1. The molecule has 11 nitrogen and oxygen atoms in total. The molecule has 0 bridgehead atoms. The Morgan fingerprint density at radius 3 is 2.34 bits per heavy atom. The van der Waals surface area contributed by atoms with Crippen LogP contribution in [0, 0.1) is 11.1 Å². The molecule has 19 heteroatoms. The van der Waals surface area contributed by atoms with Crippen LogP contribution in [0.5, 0.6) is 11.5 Å². The van der Waals surface area contributed by atoms with E-state index in [2.05, 4.69) is 14.5 Å². The third kappa shape index (κ3) is 11.7. The van der Waals surface area contributed by atoms with Gasteiger partial charge >= 0.3 is 18.8 Å². The van der Waals surface area contributed by atoms with Crippen molar-refractivity contribution in [3.63, 3.8) is 0 Å². The van der Waals surface area contributed by atoms with Gasteiger partial charge < -0.3 is 29.2 Å². The molecular weight excluding hydrogens is 774 g/mol. The number of carbonyl (C=O) groups is 1. The summed E-state index contributed by atoms with van der Waals surface area (Å²) in [6.45, 7) is 0.539. The minimum Gasteiger partial charge on any atom is -0.619 e. The molecule has 0 spiro atoms. The van der Waals surface area contributed by atoms with Crippen LogP contribution in [0.1, 0.15) is 52.4 Å². The summed E-state index contributed by atoms with van der Waals surface area (Å²) in [7, 11) is -2.32. The third-order valence-electron chi connectivity index (χ3n) is 8.73. The maximum Gasteiger partial charge on any atom is 0.418 e. The second-order valence-corrected chi connectivity index (χ2v) is 15.6. The molecule has 0 amide bonds. The molecule has 53 heavy (non-hydrogen) atoms. The second kappa shape index (κ2) is 17.2. The van der Waals surface area contributed by atoms with Crippen LogP contribution in [0.2, 0.25) is 10.0 Å². The predicted molar refractivity (Wildman–Crippen MR) is 186 cm³/mol. The van der Waals surface area contributed by atoms with E-state index in [9.17, 15) is 40.4 Å². The Morgan fingerprint density at radius 2 is 1.72 bits per heavy atom. The van der Waals surface area contributed by atoms with Gasteiger partial charge in [-0.3, -0.25) is 4.72 Å². The van der Waals surface area contributed by atoms with Crippen molar-refractivity contribution in [3.05, 3.63) is 86.3 Å². The van der Waals surface area contributed by atoms with Crippen molar-refractivity contribution in [1.82, 2.24) is 9.80 Å². The van der Waals surface area contributed by atoms with E-state index < -0.39 is 57.5 Å². The number of hydrogen-bond donors (Lipinski definition) is 1. The highest BCUT2D eigenvalue weighted by Gasteiger charge is 2.36. The highest BCUT2D eigenvalue weighted by Crippen LogP contribution is 2.39. The molecule has 2 fully saturated rings. The fraction of sp³-hybridized carbons (Fsp3) is 0.471. The van der Waals surface area contributed by atoms with Crippen molar-refractivity contribution < 1.29 is 54.1 Å². The molecule has 2 aliphatic rings. The second-order valence-electron chi connectivity index (χ2n) is 12.9. The maximum atomic E-state index is 14.0. The standard InChI is InChI=1S/C34H37Cl2F5N4O7S/c1-43-10-12-44(13-11-43)9-2-14-53(48,49)42-28-15-23(5-7-25(28)34(39,40)41)32(46)51-30(17-24-26(35)18-45(47)19-27(24)36)22-6-8-29(52-33(37)38)31(16-22)50-20-21-3-4-21/h5-8,15-16,18-19,21,30,33,42H,2-4,9-14,17,20H2,1H3/t30-/m0/s1. The fourth-order valence-electron chi connectivity index (χ4n) is 5.63. The van der Waals surface area contributed by atoms with Gasteiger partial charge in [0.1, 0.15) is 16.1 Å². The third-order valence-corrected chi connectivity index (χ3v) is 10.7. The highest BCUT2D eigenvalue weighted by molar-refractivity contribution is 7.92. The number of halogens is 7. The van der Waals surface area contributed by atoms with Gasteiger partial charge in [-0.15, -0.1) is 0 Å². The summed E-state index contributed by atoms with van der Waals surface area (Å²) in [4.78, 5) is 17.8. The molecule has 0 unspecified atom stereocenters. The van der Waals surface area contributed by atoms with Crippen LogP contribution in [0.15, 0.2) is 48.8 Å². The average molecular weight is 812 g/mol. The minimum atomic E-state index is -4.99. The summed E-state index contributed by atoms with van der Waals surface area (Å²) in [6, 6.07) is 5.93. The number of ether oxygens (including phenoxy) is 3. The number of sulfonamides is 1. The van der Waals surface area contributed by atoms with E-state index in [4.69, 9.17) is 32.7 Å². The molecule has 5 rings (SSSR count). The number of likely N-dealkylation sites (N-methyl/N-ethyl adjacent to an activating group) is 1. The maximum absolute atomic E-state index is 14.0. The monoisotopic (exact) mass is 810 g/mol. The summed E-state index contributed by atoms with van der Waals surface area (Å²) in [5.74, 6) is -1.80. The first-order valence-electron chi connectivity index (χ1n) is 16.6. The first kappa shape index (κ1) is 40.5. The first-order chi connectivity index (χ1) is 25.0. The van der Waals surface area contributed by atoms with E-state index in [1.165, 1.54) is 18.2 Å². The number of nitrogens with one attached hydrogen (secondary N) is 1. The van der Waals surface area contributed by atoms with Crippen molar-refractivity contribution in [1.29, 1.82) is 0 Å². The largest absolute Gasteiger partial charge is 0.619 e. The Labute approximate surface area is 313 Å². The lowest BCUT2D eigenvalue weighted by Gasteiger charge is -2.32. The first-order valence-corrected chi connectivity index (χ1v) is 19.0. The summed E-state index contributed by atoms with van der Waals surface area (Å²) in [5, 5.41) is 11.7. The molecular formula is C34H37Cl2F5N4O7S. The Kier molecular flexibility index (Phi) is 13.2. The number of benzene rings is 2. The zero-order valence-electron chi connectivity index (χ0n) is 28.4. The van der Waals surface area contributed by atoms with Crippen molar-refractivity contribution >= 4 is 44.9 Å². The number of piperazine rings is 1. The Bertz CT molecular complexity index is 1860. The van der Waals surface area contributed by atoms with E-state index in [-0.39, 0.29) is 58.0 Å². The zero-order valence-corrected chi connectivity index (χ0v) is 30.7. The van der Waals surface area contributed by atoms with Crippen LogP contribution in [0.3, 0.4) is 0 Å². The molecule has 1 saturated heterocycles. The highest BCUT2D eigenvalue weighted by atomic mass is 35.5. The van der Waals surface area contributed by atoms with Gasteiger partial charge in [0.15, 0.2) is 23.9 Å². The van der Waals surface area contributed by atoms with Crippen LogP contribution in [-0.2, 0) is 27.4 Å². The lowest BCUT2D eigenvalue weighted by atomic mass is 10.0. The molecule has 2 aromatic carbocycles. The number of nitrogens with zero attached hydrogens (tertiary/aromatic N) is 3. The quantitative estimate of drug-likeness (QED) is 0.0742. The minimum absolute atomic E-state index is 0.0859. The zero-order chi connectivity index (χ0) is 38.5. The lowest BCUT2D eigenvalue weighted by Crippen LogP contribution is -2.45. The van der Waals surface area contributed by atoms with Gasteiger partial charge in [-0.1, -0.05) is 29.3 Å². The topological polar surface area (TPSA) is 124 Å². The van der Waals surface area contributed by atoms with E-state index in [1.54, 1.807) is 0 Å². The summed E-state index contributed by atoms with van der Waals surface area (Å²) in [6.07, 6.45) is -2.66. The van der Waals surface area contributed by atoms with Crippen molar-refractivity contribution in [2.45, 2.75) is 44.6 Å². The molecule has 2 heterocycles. The number of pyridine rings is 1. The Morgan fingerprint density at radius 1 is 1.04 bits per heavy atom. The fourth-order valence-corrected chi connectivity index (χ4v) is 7.34. The van der Waals surface area contributed by atoms with Crippen molar-refractivity contribution in [2.75, 3.05) is 56.9 Å². The van der Waals surface area contributed by atoms with Gasteiger partial charge in [-0.25, -0.2) is 13.2 Å². The number of aromatic nitrogens is 1. The van der Waals surface area contributed by atoms with E-state index in [1.807, 2.05) is 11.8 Å². The van der Waals surface area contributed by atoms with Crippen LogP contribution in [-0.4, -0.2) is 82.9 Å². The van der Waals surface area contributed by atoms with Crippen LogP contribution in [0.4, 0.5) is 27.6 Å². The molecule has 3 aromatic rings. The van der Waals surface area contributed by atoms with Crippen molar-refractivity contribution in [2.24, 2.45) is 5.92 Å². The van der Waals surface area contributed by atoms with Gasteiger partial charge in [0.25, 0.3) is 0 Å². The summed E-state index contributed by atoms with van der Waals surface area (Å²) >= 11 is 12.6. The number of anilines is 1. The van der Waals surface area contributed by atoms with Gasteiger partial charge in [-0.05, 0) is 74.7 Å². The molecule has 1 saturated carbocycles. The average Bonchev–Trinajstić information content (AvgIpc) is 3.90. The number of esters is 1. The van der Waals surface area contributed by atoms with Crippen LogP contribution in [0.25, 0.3) is 0 Å². The molecule has 1 aliphatic heterocycles. The van der Waals surface area contributed by atoms with Gasteiger partial charge in [-0.2, -0.15) is 26.7 Å². The van der Waals surface area contributed by atoms with E-state index in [0.29, 0.717) is 17.3 Å². The van der Waals surface area contributed by atoms with Crippen LogP contribution < -0.4 is 18.9 Å². The molecule has 1 aliphatic carbocycles. The number of alkyl halides is 5. The predicted octanol–water partition coefficient (Wildman–Crippen LogP) is 6.56. The van der Waals surface area contributed by atoms with E-state index in [0.717, 1.165) is 63.5 Å². The molecule has 0 radical (unpaired) electrons. The lowest BCUT2D eigenvalue weighted by molar-refractivity contribution is -0.605. The molecule has 290 valence electrons. The van der Waals surface area contributed by atoms with Crippen molar-refractivity contribution in [3.8, 4) is 11.5 Å². The Hall–Kier alpha value is -3.64.